The minimum Gasteiger partial charge on any atom is -0.497 e. The minimum absolute atomic E-state index is 0.104. The number of hydrogen-bond acceptors (Lipinski definition) is 5. The van der Waals surface area contributed by atoms with Gasteiger partial charge in [-0.3, -0.25) is 9.59 Å². The van der Waals surface area contributed by atoms with Crippen molar-refractivity contribution in [3.05, 3.63) is 74.6 Å². The number of carbonyl (C=O) groups excluding carboxylic acids is 1. The van der Waals surface area contributed by atoms with Gasteiger partial charge in [0.15, 0.2) is 5.43 Å². The number of nitrogens with zero attached hydrogens (tertiary/aromatic N) is 2. The summed E-state index contributed by atoms with van der Waals surface area (Å²) in [7, 11) is 1.59. The Hall–Kier alpha value is -2.83. The number of hydrogen-bond donors (Lipinski definition) is 0. The molecule has 0 saturated heterocycles. The highest BCUT2D eigenvalue weighted by molar-refractivity contribution is 6.31. The number of carbonyl (C=O) groups is 1. The molecule has 1 unspecified atom stereocenters. The molecule has 31 heavy (non-hydrogen) atoms. The largest absolute Gasteiger partial charge is 0.497 e. The molecule has 0 saturated carbocycles. The Labute approximate surface area is 186 Å². The van der Waals surface area contributed by atoms with E-state index in [0.717, 1.165) is 18.7 Å². The van der Waals surface area contributed by atoms with Gasteiger partial charge in [0.1, 0.15) is 11.3 Å². The quantitative estimate of drug-likeness (QED) is 0.546. The van der Waals surface area contributed by atoms with Gasteiger partial charge < -0.3 is 19.0 Å². The highest BCUT2D eigenvalue weighted by Gasteiger charge is 2.42. The maximum atomic E-state index is 13.5. The van der Waals surface area contributed by atoms with Gasteiger partial charge in [-0.2, -0.15) is 0 Å². The number of rotatable bonds is 7. The van der Waals surface area contributed by atoms with Gasteiger partial charge in [-0.1, -0.05) is 37.6 Å². The van der Waals surface area contributed by atoms with E-state index in [1.165, 1.54) is 0 Å². The first-order valence-electron chi connectivity index (χ1n) is 10.4. The molecule has 6 nitrogen and oxygen atoms in total. The number of methoxy groups -OCH3 is 1. The topological polar surface area (TPSA) is 63.0 Å². The molecule has 2 aromatic carbocycles. The zero-order valence-electron chi connectivity index (χ0n) is 17.9. The predicted molar refractivity (Wildman–Crippen MR) is 121 cm³/mol. The SMILES string of the molecule is CCN(CC)CCN1C(=O)c2oc3ccc(Cl)cc3c(=O)c2C1c1cccc(OC)c1. The summed E-state index contributed by atoms with van der Waals surface area (Å²) in [4.78, 5) is 30.9. The van der Waals surface area contributed by atoms with Crippen LogP contribution in [0, 0.1) is 0 Å². The van der Waals surface area contributed by atoms with Crippen molar-refractivity contribution in [1.29, 1.82) is 0 Å². The van der Waals surface area contributed by atoms with Crippen molar-refractivity contribution in [2.75, 3.05) is 33.3 Å². The van der Waals surface area contributed by atoms with E-state index in [2.05, 4.69) is 18.7 Å². The van der Waals surface area contributed by atoms with Gasteiger partial charge in [-0.25, -0.2) is 0 Å². The van der Waals surface area contributed by atoms with E-state index in [-0.39, 0.29) is 17.1 Å². The molecule has 1 amide bonds. The van der Waals surface area contributed by atoms with Gasteiger partial charge in [0, 0.05) is 18.1 Å². The van der Waals surface area contributed by atoms with Crippen molar-refractivity contribution in [1.82, 2.24) is 9.80 Å². The Morgan fingerprint density at radius 2 is 1.90 bits per heavy atom. The van der Waals surface area contributed by atoms with Crippen LogP contribution in [0.4, 0.5) is 0 Å². The summed E-state index contributed by atoms with van der Waals surface area (Å²) in [5.74, 6) is 0.492. The first-order chi connectivity index (χ1) is 15.0. The van der Waals surface area contributed by atoms with E-state index in [1.54, 1.807) is 30.2 Å². The standard InChI is InChI=1S/C24H25ClN2O4/c1-4-26(5-2)11-12-27-21(15-7-6-8-17(13-15)30-3)20-22(28)18-14-16(25)9-10-19(18)31-23(20)24(27)29/h6-10,13-14,21H,4-5,11-12H2,1-3H3. The fourth-order valence-electron chi connectivity index (χ4n) is 4.17. The van der Waals surface area contributed by atoms with E-state index < -0.39 is 6.04 Å². The maximum Gasteiger partial charge on any atom is 0.290 e. The van der Waals surface area contributed by atoms with Crippen LogP contribution in [0.3, 0.4) is 0 Å². The van der Waals surface area contributed by atoms with E-state index in [4.69, 9.17) is 20.8 Å². The Kier molecular flexibility index (Phi) is 6.03. The van der Waals surface area contributed by atoms with E-state index in [1.807, 2.05) is 24.3 Å². The Bertz CT molecular complexity index is 1190. The number of amides is 1. The summed E-state index contributed by atoms with van der Waals surface area (Å²) in [5, 5.41) is 0.818. The van der Waals surface area contributed by atoms with Crippen molar-refractivity contribution in [2.45, 2.75) is 19.9 Å². The van der Waals surface area contributed by atoms with Gasteiger partial charge in [0.25, 0.3) is 5.91 Å². The first kappa shape index (κ1) is 21.4. The van der Waals surface area contributed by atoms with Gasteiger partial charge in [0.2, 0.25) is 5.76 Å². The summed E-state index contributed by atoms with van der Waals surface area (Å²) in [5.41, 5.74) is 1.29. The molecule has 0 spiro atoms. The first-order valence-corrected chi connectivity index (χ1v) is 10.8. The minimum atomic E-state index is -0.548. The second-order valence-corrected chi connectivity index (χ2v) is 7.96. The van der Waals surface area contributed by atoms with Gasteiger partial charge in [-0.05, 0) is 49.0 Å². The number of fused-ring (bicyclic) bond motifs is 2. The average molecular weight is 441 g/mol. The van der Waals surface area contributed by atoms with Crippen LogP contribution in [0.1, 0.15) is 41.6 Å². The van der Waals surface area contributed by atoms with Gasteiger partial charge in [-0.15, -0.1) is 0 Å². The summed E-state index contributed by atoms with van der Waals surface area (Å²) < 4.78 is 11.3. The monoisotopic (exact) mass is 440 g/mol. The third-order valence-electron chi connectivity index (χ3n) is 5.89. The van der Waals surface area contributed by atoms with E-state index >= 15 is 0 Å². The average Bonchev–Trinajstić information content (AvgIpc) is 3.07. The highest BCUT2D eigenvalue weighted by Crippen LogP contribution is 2.39. The molecular formula is C24H25ClN2O4. The lowest BCUT2D eigenvalue weighted by atomic mass is 9.98. The van der Waals surface area contributed by atoms with Gasteiger partial charge >= 0.3 is 0 Å². The zero-order valence-corrected chi connectivity index (χ0v) is 18.6. The Morgan fingerprint density at radius 3 is 2.61 bits per heavy atom. The molecule has 0 N–H and O–H groups in total. The van der Waals surface area contributed by atoms with E-state index in [9.17, 15) is 9.59 Å². The molecule has 3 aromatic rings. The molecule has 0 aliphatic carbocycles. The Balaban J connectivity index is 1.89. The lowest BCUT2D eigenvalue weighted by molar-refractivity contribution is 0.0708. The number of ether oxygens (including phenoxy) is 1. The molecule has 162 valence electrons. The maximum absolute atomic E-state index is 13.5. The normalized spacial score (nSPS) is 15.7. The molecule has 2 heterocycles. The van der Waals surface area contributed by atoms with Crippen LogP contribution in [-0.4, -0.2) is 49.0 Å². The third-order valence-corrected chi connectivity index (χ3v) is 6.12. The van der Waals surface area contributed by atoms with Crippen molar-refractivity contribution >= 4 is 28.5 Å². The van der Waals surface area contributed by atoms with Crippen LogP contribution >= 0.6 is 11.6 Å². The zero-order chi connectivity index (χ0) is 22.1. The lowest BCUT2D eigenvalue weighted by Crippen LogP contribution is -2.37. The summed E-state index contributed by atoms with van der Waals surface area (Å²) in [6, 6.07) is 11.8. The van der Waals surface area contributed by atoms with Crippen molar-refractivity contribution < 1.29 is 13.9 Å². The van der Waals surface area contributed by atoms with Crippen LogP contribution in [0.5, 0.6) is 5.75 Å². The van der Waals surface area contributed by atoms with E-state index in [0.29, 0.717) is 40.4 Å². The fourth-order valence-corrected chi connectivity index (χ4v) is 4.34. The third kappa shape index (κ3) is 3.82. The smallest absolute Gasteiger partial charge is 0.290 e. The molecule has 7 heteroatoms. The van der Waals surface area contributed by atoms with Crippen molar-refractivity contribution in [3.8, 4) is 5.75 Å². The molecule has 0 fully saturated rings. The second-order valence-electron chi connectivity index (χ2n) is 7.52. The second kappa shape index (κ2) is 8.73. The molecule has 4 rings (SSSR count). The predicted octanol–water partition coefficient (Wildman–Crippen LogP) is 4.34. The number of halogens is 1. The van der Waals surface area contributed by atoms with Crippen molar-refractivity contribution in [3.63, 3.8) is 0 Å². The molecular weight excluding hydrogens is 416 g/mol. The van der Waals surface area contributed by atoms with Crippen LogP contribution in [-0.2, 0) is 0 Å². The van der Waals surface area contributed by atoms with Gasteiger partial charge in [0.05, 0.1) is 24.1 Å². The lowest BCUT2D eigenvalue weighted by Gasteiger charge is -2.28. The number of benzene rings is 2. The van der Waals surface area contributed by atoms with Crippen LogP contribution in [0.15, 0.2) is 51.7 Å². The van der Waals surface area contributed by atoms with Crippen LogP contribution in [0.25, 0.3) is 11.0 Å². The van der Waals surface area contributed by atoms with Crippen LogP contribution < -0.4 is 10.2 Å². The number of likely N-dealkylation sites (N-methyl/N-ethyl adjacent to an activating group) is 1. The molecule has 1 aliphatic heterocycles. The molecule has 0 radical (unpaired) electrons. The highest BCUT2D eigenvalue weighted by atomic mass is 35.5. The Morgan fingerprint density at radius 1 is 1.13 bits per heavy atom. The summed E-state index contributed by atoms with van der Waals surface area (Å²) in [6.07, 6.45) is 0. The summed E-state index contributed by atoms with van der Waals surface area (Å²) >= 11 is 6.13. The molecule has 0 bridgehead atoms. The molecule has 1 atom stereocenters. The summed E-state index contributed by atoms with van der Waals surface area (Å²) in [6.45, 7) is 7.12. The molecule has 1 aliphatic rings. The fraction of sp³-hybridized carbons (Fsp3) is 0.333. The molecule has 1 aromatic heterocycles. The van der Waals surface area contributed by atoms with Crippen LogP contribution in [0.2, 0.25) is 5.02 Å². The van der Waals surface area contributed by atoms with Crippen molar-refractivity contribution in [2.24, 2.45) is 0 Å².